The molecule has 0 unspecified atom stereocenters. The highest BCUT2D eigenvalue weighted by Gasteiger charge is 2.32. The number of piperazine rings is 1. The Hall–Kier alpha value is -2.38. The van der Waals surface area contributed by atoms with Crippen LogP contribution >= 0.6 is 0 Å². The average Bonchev–Trinajstić information content (AvgIpc) is 3.05. The Balaban J connectivity index is 1.55. The van der Waals surface area contributed by atoms with Gasteiger partial charge in [0, 0.05) is 26.2 Å². The number of sulfonamides is 1. The number of anilines is 1. The molecule has 0 atom stereocenters. The molecule has 4 rings (SSSR count). The predicted octanol–water partition coefficient (Wildman–Crippen LogP) is 3.26. The summed E-state index contributed by atoms with van der Waals surface area (Å²) >= 11 is 0. The van der Waals surface area contributed by atoms with Gasteiger partial charge in [-0.3, -0.25) is 0 Å². The summed E-state index contributed by atoms with van der Waals surface area (Å²) in [4.78, 5) is 6.95. The van der Waals surface area contributed by atoms with Gasteiger partial charge in [-0.15, -0.1) is 0 Å². The Kier molecular flexibility index (Phi) is 4.44. The summed E-state index contributed by atoms with van der Waals surface area (Å²) in [5.74, 6) is 0. The first-order valence-corrected chi connectivity index (χ1v) is 10.5. The Labute approximate surface area is 159 Å². The summed E-state index contributed by atoms with van der Waals surface area (Å²) < 4.78 is 33.8. The molecular weight excluding hydrogens is 362 g/mol. The number of fused-ring (bicyclic) bond motifs is 1. The number of hydrogen-bond donors (Lipinski definition) is 0. The van der Waals surface area contributed by atoms with E-state index >= 15 is 0 Å². The third kappa shape index (κ3) is 3.21. The number of aromatic nitrogens is 1. The van der Waals surface area contributed by atoms with Crippen molar-refractivity contribution in [3.05, 3.63) is 53.1 Å². The minimum atomic E-state index is -3.51. The van der Waals surface area contributed by atoms with Crippen LogP contribution in [0.3, 0.4) is 0 Å². The second-order valence-electron chi connectivity index (χ2n) is 7.08. The number of hydrogen-bond acceptors (Lipinski definition) is 5. The molecule has 7 heteroatoms. The van der Waals surface area contributed by atoms with Crippen LogP contribution in [0.5, 0.6) is 0 Å². The van der Waals surface area contributed by atoms with Gasteiger partial charge in [-0.1, -0.05) is 29.8 Å². The van der Waals surface area contributed by atoms with Crippen molar-refractivity contribution in [2.45, 2.75) is 25.7 Å². The van der Waals surface area contributed by atoms with E-state index in [2.05, 4.69) is 4.98 Å². The molecule has 3 aromatic rings. The van der Waals surface area contributed by atoms with Crippen LogP contribution in [0.25, 0.3) is 11.1 Å². The summed E-state index contributed by atoms with van der Waals surface area (Å²) in [7, 11) is -3.51. The molecule has 0 N–H and O–H groups in total. The van der Waals surface area contributed by atoms with Crippen LogP contribution in [0.4, 0.5) is 6.01 Å². The minimum Gasteiger partial charge on any atom is -0.423 e. The molecule has 2 aromatic carbocycles. The zero-order valence-corrected chi connectivity index (χ0v) is 16.6. The molecule has 0 spiro atoms. The lowest BCUT2D eigenvalue weighted by Crippen LogP contribution is -2.49. The summed E-state index contributed by atoms with van der Waals surface area (Å²) in [6.45, 7) is 7.63. The maximum absolute atomic E-state index is 13.2. The van der Waals surface area contributed by atoms with Crippen LogP contribution in [0.1, 0.15) is 16.7 Å². The molecule has 0 bridgehead atoms. The second kappa shape index (κ2) is 6.65. The van der Waals surface area contributed by atoms with Gasteiger partial charge in [0.25, 0.3) is 6.01 Å². The fourth-order valence-corrected chi connectivity index (χ4v) is 5.65. The zero-order chi connectivity index (χ0) is 19.2. The lowest BCUT2D eigenvalue weighted by Gasteiger charge is -2.33. The van der Waals surface area contributed by atoms with Gasteiger partial charge in [-0.25, -0.2) is 8.42 Å². The molecular formula is C20H23N3O3S. The van der Waals surface area contributed by atoms with Gasteiger partial charge in [-0.05, 0) is 44.0 Å². The molecule has 6 nitrogen and oxygen atoms in total. The number of aryl methyl sites for hydroxylation is 3. The van der Waals surface area contributed by atoms with Gasteiger partial charge in [0.15, 0.2) is 5.58 Å². The van der Waals surface area contributed by atoms with Gasteiger partial charge in [0.2, 0.25) is 10.0 Å². The lowest BCUT2D eigenvalue weighted by atomic mass is 10.1. The van der Waals surface area contributed by atoms with Crippen molar-refractivity contribution >= 4 is 27.1 Å². The number of benzene rings is 2. The van der Waals surface area contributed by atoms with Crippen LogP contribution in [0.15, 0.2) is 45.7 Å². The van der Waals surface area contributed by atoms with Crippen molar-refractivity contribution in [3.8, 4) is 0 Å². The van der Waals surface area contributed by atoms with E-state index in [0.29, 0.717) is 37.1 Å². The third-order valence-corrected chi connectivity index (χ3v) is 7.20. The Morgan fingerprint density at radius 3 is 2.22 bits per heavy atom. The minimum absolute atomic E-state index is 0.411. The molecule has 142 valence electrons. The average molecular weight is 385 g/mol. The van der Waals surface area contributed by atoms with Gasteiger partial charge in [-0.2, -0.15) is 9.29 Å². The number of oxazole rings is 1. The first kappa shape index (κ1) is 18.0. The summed E-state index contributed by atoms with van der Waals surface area (Å²) in [5.41, 5.74) is 4.23. The van der Waals surface area contributed by atoms with Crippen molar-refractivity contribution < 1.29 is 12.8 Å². The van der Waals surface area contributed by atoms with Gasteiger partial charge < -0.3 is 9.32 Å². The molecule has 1 aliphatic heterocycles. The van der Waals surface area contributed by atoms with E-state index in [1.165, 1.54) is 0 Å². The largest absolute Gasteiger partial charge is 0.423 e. The van der Waals surface area contributed by atoms with Crippen molar-refractivity contribution in [1.82, 2.24) is 9.29 Å². The van der Waals surface area contributed by atoms with E-state index in [1.807, 2.05) is 62.1 Å². The van der Waals surface area contributed by atoms with Crippen LogP contribution in [0, 0.1) is 20.8 Å². The highest BCUT2D eigenvalue weighted by Crippen LogP contribution is 2.28. The molecule has 0 radical (unpaired) electrons. The Bertz CT molecular complexity index is 1040. The Morgan fingerprint density at radius 1 is 0.963 bits per heavy atom. The molecule has 0 aliphatic carbocycles. The normalized spacial score (nSPS) is 16.2. The summed E-state index contributed by atoms with van der Waals surface area (Å²) in [6, 6.07) is 12.0. The van der Waals surface area contributed by atoms with Gasteiger partial charge in [0.05, 0.1) is 4.90 Å². The van der Waals surface area contributed by atoms with Crippen LogP contribution < -0.4 is 4.90 Å². The van der Waals surface area contributed by atoms with Crippen molar-refractivity contribution in [2.24, 2.45) is 0 Å². The summed E-state index contributed by atoms with van der Waals surface area (Å²) in [6.07, 6.45) is 0. The highest BCUT2D eigenvalue weighted by atomic mass is 32.2. The third-order valence-electron chi connectivity index (χ3n) is 4.99. The molecule has 0 saturated carbocycles. The first-order valence-electron chi connectivity index (χ1n) is 9.05. The fourth-order valence-electron chi connectivity index (χ4n) is 3.82. The number of para-hydroxylation sites is 2. The maximum Gasteiger partial charge on any atom is 0.298 e. The second-order valence-corrected chi connectivity index (χ2v) is 8.96. The topological polar surface area (TPSA) is 66.7 Å². The van der Waals surface area contributed by atoms with Gasteiger partial charge in [0.1, 0.15) is 5.52 Å². The number of rotatable bonds is 3. The van der Waals surface area contributed by atoms with Gasteiger partial charge >= 0.3 is 0 Å². The zero-order valence-electron chi connectivity index (χ0n) is 15.8. The smallest absolute Gasteiger partial charge is 0.298 e. The van der Waals surface area contributed by atoms with E-state index in [1.54, 1.807) is 4.31 Å². The molecule has 1 saturated heterocycles. The highest BCUT2D eigenvalue weighted by molar-refractivity contribution is 7.89. The molecule has 0 amide bonds. The fraction of sp³-hybridized carbons (Fsp3) is 0.350. The van der Waals surface area contributed by atoms with E-state index in [0.717, 1.165) is 27.8 Å². The van der Waals surface area contributed by atoms with Crippen molar-refractivity contribution in [2.75, 3.05) is 31.1 Å². The quantitative estimate of drug-likeness (QED) is 0.692. The summed E-state index contributed by atoms with van der Waals surface area (Å²) in [5, 5.41) is 0. The monoisotopic (exact) mass is 385 g/mol. The molecule has 1 fully saturated rings. The predicted molar refractivity (Wildman–Crippen MR) is 106 cm³/mol. The van der Waals surface area contributed by atoms with E-state index in [-0.39, 0.29) is 0 Å². The SMILES string of the molecule is Cc1cc(C)c(S(=O)(=O)N2CCN(c3nc4ccccc4o3)CC2)c(C)c1. The molecule has 2 heterocycles. The van der Waals surface area contributed by atoms with Crippen molar-refractivity contribution in [1.29, 1.82) is 0 Å². The Morgan fingerprint density at radius 2 is 1.59 bits per heavy atom. The van der Waals surface area contributed by atoms with Crippen LogP contribution in [-0.2, 0) is 10.0 Å². The van der Waals surface area contributed by atoms with Crippen molar-refractivity contribution in [3.63, 3.8) is 0 Å². The lowest BCUT2D eigenvalue weighted by molar-refractivity contribution is 0.373. The van der Waals surface area contributed by atoms with Crippen LogP contribution in [0.2, 0.25) is 0 Å². The maximum atomic E-state index is 13.2. The molecule has 1 aromatic heterocycles. The number of nitrogens with zero attached hydrogens (tertiary/aromatic N) is 3. The van der Waals surface area contributed by atoms with E-state index in [9.17, 15) is 8.42 Å². The molecule has 1 aliphatic rings. The van der Waals surface area contributed by atoms with E-state index in [4.69, 9.17) is 4.42 Å². The molecule has 27 heavy (non-hydrogen) atoms. The van der Waals surface area contributed by atoms with E-state index < -0.39 is 10.0 Å². The first-order chi connectivity index (χ1) is 12.9. The standard InChI is InChI=1S/C20H23N3O3S/c1-14-12-15(2)19(16(3)13-14)27(24,25)23-10-8-22(9-11-23)20-21-17-6-4-5-7-18(17)26-20/h4-7,12-13H,8-11H2,1-3H3. The van der Waals surface area contributed by atoms with Crippen LogP contribution in [-0.4, -0.2) is 43.9 Å².